The van der Waals surface area contributed by atoms with Gasteiger partial charge in [0.1, 0.15) is 5.82 Å². The van der Waals surface area contributed by atoms with Gasteiger partial charge in [0.25, 0.3) is 0 Å². The third-order valence-electron chi connectivity index (χ3n) is 2.85. The average Bonchev–Trinajstić information content (AvgIpc) is 2.50. The molecule has 1 fully saturated rings. The predicted molar refractivity (Wildman–Crippen MR) is 64.8 cm³/mol. The summed E-state index contributed by atoms with van der Waals surface area (Å²) in [7, 11) is 0. The minimum atomic E-state index is -0.111. The number of hydrogen-bond donors (Lipinski definition) is 0. The van der Waals surface area contributed by atoms with E-state index in [9.17, 15) is 4.39 Å². The normalized spacial score (nSPS) is 17.6. The summed E-state index contributed by atoms with van der Waals surface area (Å²) < 4.78 is 14.6. The number of nitrogens with zero attached hydrogens (tertiary/aromatic N) is 1. The van der Waals surface area contributed by atoms with Gasteiger partial charge in [0.05, 0.1) is 5.69 Å². The molecule has 0 unspecified atom stereocenters. The molecule has 0 amide bonds. The number of halogens is 2. The molecular formula is C12H15BrFN. The van der Waals surface area contributed by atoms with E-state index in [1.165, 1.54) is 31.7 Å². The maximum absolute atomic E-state index is 13.6. The highest BCUT2D eigenvalue weighted by Gasteiger charge is 2.13. The fourth-order valence-corrected chi connectivity index (χ4v) is 2.39. The smallest absolute Gasteiger partial charge is 0.146 e. The van der Waals surface area contributed by atoms with Gasteiger partial charge in [-0.3, -0.25) is 0 Å². The van der Waals surface area contributed by atoms with E-state index in [0.717, 1.165) is 23.2 Å². The van der Waals surface area contributed by atoms with E-state index in [2.05, 4.69) is 20.8 Å². The Bertz CT molecular complexity index is 332. The molecule has 0 spiro atoms. The molecule has 2 rings (SSSR count). The van der Waals surface area contributed by atoms with Crippen LogP contribution < -0.4 is 4.90 Å². The first kappa shape index (κ1) is 10.9. The number of hydrogen-bond acceptors (Lipinski definition) is 1. The van der Waals surface area contributed by atoms with E-state index < -0.39 is 0 Å². The summed E-state index contributed by atoms with van der Waals surface area (Å²) in [5, 5.41) is 0. The Labute approximate surface area is 98.4 Å². The van der Waals surface area contributed by atoms with Gasteiger partial charge in [-0.2, -0.15) is 0 Å². The molecule has 0 saturated carbocycles. The van der Waals surface area contributed by atoms with Crippen LogP contribution in [-0.4, -0.2) is 13.1 Å². The lowest BCUT2D eigenvalue weighted by Gasteiger charge is -2.23. The molecule has 1 aromatic carbocycles. The molecule has 1 nitrogen and oxygen atoms in total. The van der Waals surface area contributed by atoms with E-state index in [0.29, 0.717) is 0 Å². The highest BCUT2D eigenvalue weighted by Crippen LogP contribution is 2.26. The van der Waals surface area contributed by atoms with Gasteiger partial charge in [0.2, 0.25) is 0 Å². The molecule has 15 heavy (non-hydrogen) atoms. The first-order chi connectivity index (χ1) is 7.27. The maximum Gasteiger partial charge on any atom is 0.146 e. The topological polar surface area (TPSA) is 3.24 Å². The zero-order chi connectivity index (χ0) is 10.7. The van der Waals surface area contributed by atoms with Crippen LogP contribution in [0.25, 0.3) is 0 Å². The molecule has 1 aromatic rings. The lowest BCUT2D eigenvalue weighted by molar-refractivity contribution is 0.616. The van der Waals surface area contributed by atoms with Crippen molar-refractivity contribution in [1.82, 2.24) is 0 Å². The van der Waals surface area contributed by atoms with Gasteiger partial charge < -0.3 is 4.90 Å². The molecule has 3 heteroatoms. The van der Waals surface area contributed by atoms with Gasteiger partial charge in [0, 0.05) is 17.6 Å². The zero-order valence-corrected chi connectivity index (χ0v) is 10.3. The molecule has 1 heterocycles. The quantitative estimate of drug-likeness (QED) is 0.747. The molecule has 1 aliphatic rings. The van der Waals surface area contributed by atoms with Crippen LogP contribution in [0.1, 0.15) is 25.7 Å². The molecule has 82 valence electrons. The van der Waals surface area contributed by atoms with E-state index >= 15 is 0 Å². The fraction of sp³-hybridized carbons (Fsp3) is 0.500. The van der Waals surface area contributed by atoms with Crippen LogP contribution in [0.4, 0.5) is 10.1 Å². The summed E-state index contributed by atoms with van der Waals surface area (Å²) in [5.74, 6) is -0.111. The second kappa shape index (κ2) is 4.97. The van der Waals surface area contributed by atoms with Gasteiger partial charge in [-0.1, -0.05) is 28.8 Å². The van der Waals surface area contributed by atoms with E-state index in [-0.39, 0.29) is 5.82 Å². The Morgan fingerprint density at radius 2 is 1.73 bits per heavy atom. The highest BCUT2D eigenvalue weighted by atomic mass is 79.9. The standard InChI is InChI=1S/C12H15BrFN/c13-10-5-6-11(14)12(9-10)15-7-3-1-2-4-8-15/h5-6,9H,1-4,7-8H2. The third kappa shape index (κ3) is 2.71. The summed E-state index contributed by atoms with van der Waals surface area (Å²) in [5.41, 5.74) is 0.742. The van der Waals surface area contributed by atoms with Crippen molar-refractivity contribution in [2.75, 3.05) is 18.0 Å². The first-order valence-electron chi connectivity index (χ1n) is 5.47. The molecule has 1 aliphatic heterocycles. The SMILES string of the molecule is Fc1ccc(Br)cc1N1CCCCCC1. The Morgan fingerprint density at radius 1 is 1.07 bits per heavy atom. The lowest BCUT2D eigenvalue weighted by atomic mass is 10.2. The Balaban J connectivity index is 2.22. The minimum Gasteiger partial charge on any atom is -0.369 e. The molecule has 0 aliphatic carbocycles. The molecular weight excluding hydrogens is 257 g/mol. The van der Waals surface area contributed by atoms with Crippen molar-refractivity contribution in [1.29, 1.82) is 0 Å². The van der Waals surface area contributed by atoms with E-state index in [1.54, 1.807) is 6.07 Å². The molecule has 0 N–H and O–H groups in total. The second-order valence-corrected chi connectivity index (χ2v) is 4.91. The maximum atomic E-state index is 13.6. The molecule has 1 saturated heterocycles. The molecule has 0 radical (unpaired) electrons. The summed E-state index contributed by atoms with van der Waals surface area (Å²) >= 11 is 3.39. The van der Waals surface area contributed by atoms with Crippen LogP contribution in [-0.2, 0) is 0 Å². The summed E-state index contributed by atoms with van der Waals surface area (Å²) in [6.07, 6.45) is 4.89. The van der Waals surface area contributed by atoms with Gasteiger partial charge in [-0.15, -0.1) is 0 Å². The van der Waals surface area contributed by atoms with Crippen molar-refractivity contribution in [3.63, 3.8) is 0 Å². The highest BCUT2D eigenvalue weighted by molar-refractivity contribution is 9.10. The van der Waals surface area contributed by atoms with Crippen LogP contribution in [0.3, 0.4) is 0 Å². The second-order valence-electron chi connectivity index (χ2n) is 4.00. The van der Waals surface area contributed by atoms with Crippen LogP contribution in [0.5, 0.6) is 0 Å². The van der Waals surface area contributed by atoms with Crippen LogP contribution >= 0.6 is 15.9 Å². The zero-order valence-electron chi connectivity index (χ0n) is 8.68. The number of anilines is 1. The average molecular weight is 272 g/mol. The lowest BCUT2D eigenvalue weighted by Crippen LogP contribution is -2.24. The van der Waals surface area contributed by atoms with Crippen LogP contribution in [0.2, 0.25) is 0 Å². The van der Waals surface area contributed by atoms with Crippen molar-refractivity contribution in [3.05, 3.63) is 28.5 Å². The van der Waals surface area contributed by atoms with Crippen LogP contribution in [0, 0.1) is 5.82 Å². The van der Waals surface area contributed by atoms with E-state index in [1.807, 2.05) is 6.07 Å². The third-order valence-corrected chi connectivity index (χ3v) is 3.35. The van der Waals surface area contributed by atoms with Gasteiger partial charge >= 0.3 is 0 Å². The first-order valence-corrected chi connectivity index (χ1v) is 6.27. The van der Waals surface area contributed by atoms with Crippen molar-refractivity contribution >= 4 is 21.6 Å². The van der Waals surface area contributed by atoms with Crippen molar-refractivity contribution in [3.8, 4) is 0 Å². The Morgan fingerprint density at radius 3 is 2.40 bits per heavy atom. The molecule has 0 aromatic heterocycles. The summed E-state index contributed by atoms with van der Waals surface area (Å²) in [6.45, 7) is 1.96. The Kier molecular flexibility index (Phi) is 3.62. The monoisotopic (exact) mass is 271 g/mol. The largest absolute Gasteiger partial charge is 0.369 e. The summed E-state index contributed by atoms with van der Waals surface area (Å²) in [4.78, 5) is 2.16. The van der Waals surface area contributed by atoms with E-state index in [4.69, 9.17) is 0 Å². The summed E-state index contributed by atoms with van der Waals surface area (Å²) in [6, 6.07) is 5.15. The number of rotatable bonds is 1. The number of benzene rings is 1. The van der Waals surface area contributed by atoms with Crippen LogP contribution in [0.15, 0.2) is 22.7 Å². The minimum absolute atomic E-state index is 0.111. The Hall–Kier alpha value is -0.570. The van der Waals surface area contributed by atoms with Crippen molar-refractivity contribution < 1.29 is 4.39 Å². The van der Waals surface area contributed by atoms with Gasteiger partial charge in [-0.25, -0.2) is 4.39 Å². The van der Waals surface area contributed by atoms with Gasteiger partial charge in [0.15, 0.2) is 0 Å². The molecule has 0 atom stereocenters. The predicted octanol–water partition coefficient (Wildman–Crippen LogP) is 3.97. The van der Waals surface area contributed by atoms with Crippen molar-refractivity contribution in [2.24, 2.45) is 0 Å². The fourth-order valence-electron chi connectivity index (χ4n) is 2.04. The van der Waals surface area contributed by atoms with Gasteiger partial charge in [-0.05, 0) is 31.0 Å². The molecule has 0 bridgehead atoms. The van der Waals surface area contributed by atoms with Crippen molar-refractivity contribution in [2.45, 2.75) is 25.7 Å².